The SMILES string of the molecule is CCNc1ncnc(NC(C)C(=O)NC(C)C)c1[N+](=O)[O-]. The third-order valence-electron chi connectivity index (χ3n) is 2.53. The molecular weight excluding hydrogens is 276 g/mol. The molecule has 0 radical (unpaired) electrons. The summed E-state index contributed by atoms with van der Waals surface area (Å²) in [6, 6.07) is -0.671. The number of carbonyl (C=O) groups excluding carboxylic acids is 1. The van der Waals surface area contributed by atoms with Gasteiger partial charge in [-0.25, -0.2) is 9.97 Å². The molecule has 0 aliphatic carbocycles. The van der Waals surface area contributed by atoms with E-state index in [4.69, 9.17) is 0 Å². The Balaban J connectivity index is 2.99. The van der Waals surface area contributed by atoms with Gasteiger partial charge in [-0.15, -0.1) is 0 Å². The first-order valence-electron chi connectivity index (χ1n) is 6.67. The number of hydrogen-bond donors (Lipinski definition) is 3. The highest BCUT2D eigenvalue weighted by Gasteiger charge is 2.25. The van der Waals surface area contributed by atoms with Crippen LogP contribution in [0.15, 0.2) is 6.33 Å². The lowest BCUT2D eigenvalue weighted by Gasteiger charge is -2.16. The molecule has 9 nitrogen and oxygen atoms in total. The molecule has 1 aromatic heterocycles. The van der Waals surface area contributed by atoms with Crippen LogP contribution in [-0.4, -0.2) is 39.4 Å². The lowest BCUT2D eigenvalue weighted by Crippen LogP contribution is -2.41. The normalized spacial score (nSPS) is 11.9. The molecule has 0 aliphatic heterocycles. The van der Waals surface area contributed by atoms with Crippen LogP contribution >= 0.6 is 0 Å². The van der Waals surface area contributed by atoms with Gasteiger partial charge < -0.3 is 16.0 Å². The lowest BCUT2D eigenvalue weighted by atomic mass is 10.2. The van der Waals surface area contributed by atoms with Crippen molar-refractivity contribution in [3.63, 3.8) is 0 Å². The topological polar surface area (TPSA) is 122 Å². The molecular formula is C12H20N6O3. The van der Waals surface area contributed by atoms with Crippen LogP contribution in [0.2, 0.25) is 0 Å². The monoisotopic (exact) mass is 296 g/mol. The maximum absolute atomic E-state index is 11.8. The standard InChI is InChI=1S/C12H20N6O3/c1-5-13-10-9(18(20)21)11(15-6-14-10)17-8(4)12(19)16-7(2)3/h6-8H,5H2,1-4H3,(H,16,19)(H2,13,14,15,17). The van der Waals surface area contributed by atoms with Gasteiger partial charge in [0.1, 0.15) is 12.4 Å². The van der Waals surface area contributed by atoms with Crippen molar-refractivity contribution in [3.05, 3.63) is 16.4 Å². The van der Waals surface area contributed by atoms with E-state index in [9.17, 15) is 14.9 Å². The number of nitrogens with zero attached hydrogens (tertiary/aromatic N) is 3. The van der Waals surface area contributed by atoms with Crippen molar-refractivity contribution in [2.45, 2.75) is 39.8 Å². The lowest BCUT2D eigenvalue weighted by molar-refractivity contribution is -0.383. The first kappa shape index (κ1) is 16.6. The average Bonchev–Trinajstić information content (AvgIpc) is 2.38. The fourth-order valence-electron chi connectivity index (χ4n) is 1.63. The van der Waals surface area contributed by atoms with Gasteiger partial charge in [0.15, 0.2) is 0 Å². The number of carbonyl (C=O) groups is 1. The van der Waals surface area contributed by atoms with Crippen molar-refractivity contribution >= 4 is 23.2 Å². The van der Waals surface area contributed by atoms with Gasteiger partial charge in [0.05, 0.1) is 4.92 Å². The van der Waals surface area contributed by atoms with Crippen molar-refractivity contribution in [3.8, 4) is 0 Å². The largest absolute Gasteiger partial charge is 0.364 e. The Bertz CT molecular complexity index is 520. The van der Waals surface area contributed by atoms with Crippen molar-refractivity contribution in [1.82, 2.24) is 15.3 Å². The number of hydrogen-bond acceptors (Lipinski definition) is 7. The van der Waals surface area contributed by atoms with E-state index >= 15 is 0 Å². The summed E-state index contributed by atoms with van der Waals surface area (Å²) < 4.78 is 0. The molecule has 0 saturated carbocycles. The second-order valence-electron chi connectivity index (χ2n) is 4.74. The molecule has 1 heterocycles. The Morgan fingerprint density at radius 1 is 1.33 bits per heavy atom. The molecule has 0 spiro atoms. The Kier molecular flexibility index (Phi) is 5.82. The van der Waals surface area contributed by atoms with Crippen molar-refractivity contribution in [2.75, 3.05) is 17.2 Å². The van der Waals surface area contributed by atoms with Crippen LogP contribution in [0.25, 0.3) is 0 Å². The zero-order valence-corrected chi connectivity index (χ0v) is 12.5. The highest BCUT2D eigenvalue weighted by Crippen LogP contribution is 2.29. The molecule has 0 saturated heterocycles. The fourth-order valence-corrected chi connectivity index (χ4v) is 1.63. The molecule has 21 heavy (non-hydrogen) atoms. The van der Waals surface area contributed by atoms with Crippen LogP contribution in [0, 0.1) is 10.1 Å². The van der Waals surface area contributed by atoms with Crippen molar-refractivity contribution in [2.24, 2.45) is 0 Å². The second-order valence-corrected chi connectivity index (χ2v) is 4.74. The molecule has 0 fully saturated rings. The average molecular weight is 296 g/mol. The summed E-state index contributed by atoms with van der Waals surface area (Å²) in [7, 11) is 0. The number of amides is 1. The van der Waals surface area contributed by atoms with Crippen LogP contribution < -0.4 is 16.0 Å². The maximum Gasteiger partial charge on any atom is 0.353 e. The zero-order chi connectivity index (χ0) is 16.0. The second kappa shape index (κ2) is 7.36. The van der Waals surface area contributed by atoms with E-state index in [0.717, 1.165) is 0 Å². The Labute approximate surface area is 122 Å². The van der Waals surface area contributed by atoms with Gasteiger partial charge in [-0.2, -0.15) is 0 Å². The van der Waals surface area contributed by atoms with Crippen LogP contribution in [0.5, 0.6) is 0 Å². The molecule has 3 N–H and O–H groups in total. The highest BCUT2D eigenvalue weighted by molar-refractivity contribution is 5.85. The number of aromatic nitrogens is 2. The number of anilines is 2. The molecule has 0 aliphatic rings. The third kappa shape index (κ3) is 4.55. The highest BCUT2D eigenvalue weighted by atomic mass is 16.6. The summed E-state index contributed by atoms with van der Waals surface area (Å²) in [5, 5.41) is 19.5. The summed E-state index contributed by atoms with van der Waals surface area (Å²) in [5.41, 5.74) is -0.274. The van der Waals surface area contributed by atoms with Gasteiger partial charge in [0, 0.05) is 12.6 Å². The van der Waals surface area contributed by atoms with E-state index in [-0.39, 0.29) is 29.3 Å². The Morgan fingerprint density at radius 2 is 1.95 bits per heavy atom. The van der Waals surface area contributed by atoms with Crippen molar-refractivity contribution < 1.29 is 9.72 Å². The zero-order valence-electron chi connectivity index (χ0n) is 12.5. The van der Waals surface area contributed by atoms with E-state index < -0.39 is 11.0 Å². The van der Waals surface area contributed by atoms with Crippen LogP contribution in [0.4, 0.5) is 17.3 Å². The Hall–Kier alpha value is -2.45. The first-order chi connectivity index (χ1) is 9.86. The predicted octanol–water partition coefficient (Wildman–Crippen LogP) is 1.14. The molecule has 1 amide bonds. The predicted molar refractivity (Wildman–Crippen MR) is 79.2 cm³/mol. The smallest absolute Gasteiger partial charge is 0.353 e. The number of rotatable bonds is 7. The summed E-state index contributed by atoms with van der Waals surface area (Å²) in [6.45, 7) is 7.57. The molecule has 0 aromatic carbocycles. The van der Waals surface area contributed by atoms with Gasteiger partial charge >= 0.3 is 5.69 Å². The molecule has 1 atom stereocenters. The van der Waals surface area contributed by atoms with E-state index in [1.165, 1.54) is 6.33 Å². The molecule has 9 heteroatoms. The minimum absolute atomic E-state index is 0.0114. The molecule has 1 rings (SSSR count). The van der Waals surface area contributed by atoms with Gasteiger partial charge in [0.2, 0.25) is 17.5 Å². The van der Waals surface area contributed by atoms with Crippen LogP contribution in [-0.2, 0) is 4.79 Å². The minimum Gasteiger partial charge on any atom is -0.364 e. The summed E-state index contributed by atoms with van der Waals surface area (Å²) in [6.07, 6.45) is 1.21. The quantitative estimate of drug-likeness (QED) is 0.509. The molecule has 1 aromatic rings. The van der Waals surface area contributed by atoms with Crippen molar-refractivity contribution in [1.29, 1.82) is 0 Å². The maximum atomic E-state index is 11.8. The number of nitrogens with one attached hydrogen (secondary N) is 3. The van der Waals surface area contributed by atoms with Crippen LogP contribution in [0.1, 0.15) is 27.7 Å². The van der Waals surface area contributed by atoms with E-state index in [1.807, 2.05) is 13.8 Å². The van der Waals surface area contributed by atoms with E-state index in [1.54, 1.807) is 13.8 Å². The van der Waals surface area contributed by atoms with Gasteiger partial charge in [-0.05, 0) is 27.7 Å². The fraction of sp³-hybridized carbons (Fsp3) is 0.583. The summed E-state index contributed by atoms with van der Waals surface area (Å²) in [4.78, 5) is 30.2. The molecule has 116 valence electrons. The third-order valence-corrected chi connectivity index (χ3v) is 2.53. The molecule has 1 unspecified atom stereocenters. The molecule has 0 bridgehead atoms. The van der Waals surface area contributed by atoms with Gasteiger partial charge in [-0.3, -0.25) is 14.9 Å². The Morgan fingerprint density at radius 3 is 2.48 bits per heavy atom. The van der Waals surface area contributed by atoms with Gasteiger partial charge in [0.25, 0.3) is 0 Å². The van der Waals surface area contributed by atoms with Gasteiger partial charge in [-0.1, -0.05) is 0 Å². The summed E-state index contributed by atoms with van der Waals surface area (Å²) in [5.74, 6) is -0.128. The van der Waals surface area contributed by atoms with Crippen LogP contribution in [0.3, 0.4) is 0 Å². The first-order valence-corrected chi connectivity index (χ1v) is 6.67. The van der Waals surface area contributed by atoms with E-state index in [2.05, 4.69) is 25.9 Å². The van der Waals surface area contributed by atoms with E-state index in [0.29, 0.717) is 6.54 Å². The number of nitro groups is 1. The minimum atomic E-state index is -0.657. The summed E-state index contributed by atoms with van der Waals surface area (Å²) >= 11 is 0.